The summed E-state index contributed by atoms with van der Waals surface area (Å²) in [6.07, 6.45) is 0.298. The van der Waals surface area contributed by atoms with Crippen molar-refractivity contribution >= 4 is 21.4 Å². The Bertz CT molecular complexity index is 559. The number of sulfone groups is 1. The molecule has 2 unspecified atom stereocenters. The molecule has 1 aromatic rings. The first-order chi connectivity index (χ1) is 8.91. The van der Waals surface area contributed by atoms with Crippen LogP contribution in [0.3, 0.4) is 0 Å². The number of benzene rings is 1. The molecule has 1 saturated heterocycles. The van der Waals surface area contributed by atoms with Gasteiger partial charge in [0, 0.05) is 16.6 Å². The molecule has 1 aliphatic rings. The third-order valence-corrected chi connectivity index (χ3v) is 5.33. The minimum absolute atomic E-state index is 0.0895. The van der Waals surface area contributed by atoms with Crippen molar-refractivity contribution in [3.05, 3.63) is 28.8 Å². The number of hydrogen-bond acceptors (Lipinski definition) is 4. The summed E-state index contributed by atoms with van der Waals surface area (Å²) in [7, 11) is -1.07. The van der Waals surface area contributed by atoms with E-state index in [0.717, 1.165) is 5.56 Å². The average molecular weight is 304 g/mol. The highest BCUT2D eigenvalue weighted by Gasteiger charge is 2.30. The first-order valence-corrected chi connectivity index (χ1v) is 8.45. The van der Waals surface area contributed by atoms with Gasteiger partial charge in [-0.05, 0) is 38.6 Å². The van der Waals surface area contributed by atoms with Crippen LogP contribution in [0.1, 0.15) is 24.9 Å². The molecular formula is C13H18ClNO3S. The molecule has 0 aliphatic carbocycles. The standard InChI is InChI=1S/C13H18ClNO3S/c1-9(15-2)12-7-10(14)3-4-13(12)18-11-5-6-19(16,17)8-11/h3-4,7,9,11,15H,5-6,8H2,1-2H3. The molecule has 1 aliphatic heterocycles. The second-order valence-corrected chi connectivity index (χ2v) is 7.50. The Kier molecular flexibility index (Phi) is 4.38. The molecule has 0 saturated carbocycles. The number of ether oxygens (including phenoxy) is 1. The zero-order chi connectivity index (χ0) is 14.0. The predicted molar refractivity (Wildman–Crippen MR) is 76.6 cm³/mol. The highest BCUT2D eigenvalue weighted by molar-refractivity contribution is 7.91. The fourth-order valence-electron chi connectivity index (χ4n) is 2.15. The third-order valence-electron chi connectivity index (χ3n) is 3.36. The fourth-order valence-corrected chi connectivity index (χ4v) is 3.92. The lowest BCUT2D eigenvalue weighted by molar-refractivity contribution is 0.225. The normalized spacial score (nSPS) is 23.2. The molecule has 0 aromatic heterocycles. The van der Waals surface area contributed by atoms with E-state index in [2.05, 4.69) is 5.32 Å². The first-order valence-electron chi connectivity index (χ1n) is 6.25. The van der Waals surface area contributed by atoms with Gasteiger partial charge < -0.3 is 10.1 Å². The molecule has 106 valence electrons. The van der Waals surface area contributed by atoms with Crippen molar-refractivity contribution in [3.63, 3.8) is 0 Å². The summed E-state index contributed by atoms with van der Waals surface area (Å²) in [6.45, 7) is 2.00. The lowest BCUT2D eigenvalue weighted by Gasteiger charge is -2.19. The summed E-state index contributed by atoms with van der Waals surface area (Å²) in [6, 6.07) is 5.50. The van der Waals surface area contributed by atoms with E-state index >= 15 is 0 Å². The molecule has 2 rings (SSSR count). The van der Waals surface area contributed by atoms with E-state index in [4.69, 9.17) is 16.3 Å². The minimum Gasteiger partial charge on any atom is -0.489 e. The molecule has 4 nitrogen and oxygen atoms in total. The summed E-state index contributed by atoms with van der Waals surface area (Å²) < 4.78 is 28.7. The van der Waals surface area contributed by atoms with E-state index in [-0.39, 0.29) is 23.7 Å². The Morgan fingerprint density at radius 3 is 2.79 bits per heavy atom. The smallest absolute Gasteiger partial charge is 0.154 e. The molecule has 0 radical (unpaired) electrons. The number of hydrogen-bond donors (Lipinski definition) is 1. The molecule has 0 amide bonds. The van der Waals surface area contributed by atoms with Crippen molar-refractivity contribution < 1.29 is 13.2 Å². The van der Waals surface area contributed by atoms with E-state index in [9.17, 15) is 8.42 Å². The Labute approximate surface area is 119 Å². The second kappa shape index (κ2) is 5.69. The molecule has 2 atom stereocenters. The van der Waals surface area contributed by atoms with Crippen molar-refractivity contribution in [2.75, 3.05) is 18.6 Å². The number of halogens is 1. The van der Waals surface area contributed by atoms with Crippen LogP contribution in [0.2, 0.25) is 5.02 Å². The van der Waals surface area contributed by atoms with Gasteiger partial charge in [0.25, 0.3) is 0 Å². The van der Waals surface area contributed by atoms with Gasteiger partial charge in [0.05, 0.1) is 11.5 Å². The van der Waals surface area contributed by atoms with Gasteiger partial charge in [0.1, 0.15) is 11.9 Å². The summed E-state index contributed by atoms with van der Waals surface area (Å²) in [5.74, 6) is 1.01. The number of nitrogens with one attached hydrogen (secondary N) is 1. The van der Waals surface area contributed by atoms with Gasteiger partial charge in [0.15, 0.2) is 9.84 Å². The Morgan fingerprint density at radius 2 is 2.21 bits per heavy atom. The van der Waals surface area contributed by atoms with Crippen LogP contribution >= 0.6 is 11.6 Å². The quantitative estimate of drug-likeness (QED) is 0.926. The summed E-state index contributed by atoms with van der Waals surface area (Å²) in [5, 5.41) is 3.78. The van der Waals surface area contributed by atoms with Crippen LogP contribution in [0.15, 0.2) is 18.2 Å². The van der Waals surface area contributed by atoms with Crippen LogP contribution in [0, 0.1) is 0 Å². The van der Waals surface area contributed by atoms with E-state index in [1.165, 1.54) is 0 Å². The Hall–Kier alpha value is -0.780. The maximum absolute atomic E-state index is 11.4. The van der Waals surface area contributed by atoms with Gasteiger partial charge in [-0.2, -0.15) is 0 Å². The van der Waals surface area contributed by atoms with Crippen LogP contribution < -0.4 is 10.1 Å². The van der Waals surface area contributed by atoms with E-state index in [1.54, 1.807) is 12.1 Å². The van der Waals surface area contributed by atoms with Gasteiger partial charge >= 0.3 is 0 Å². The van der Waals surface area contributed by atoms with Crippen LogP contribution in [-0.4, -0.2) is 33.1 Å². The molecule has 1 aromatic carbocycles. The Morgan fingerprint density at radius 1 is 1.47 bits per heavy atom. The highest BCUT2D eigenvalue weighted by atomic mass is 35.5. The molecule has 1 fully saturated rings. The first kappa shape index (κ1) is 14.6. The van der Waals surface area contributed by atoms with Crippen molar-refractivity contribution in [1.29, 1.82) is 0 Å². The molecular weight excluding hydrogens is 286 g/mol. The Balaban J connectivity index is 2.20. The van der Waals surface area contributed by atoms with Gasteiger partial charge in [0.2, 0.25) is 0 Å². The van der Waals surface area contributed by atoms with E-state index < -0.39 is 9.84 Å². The summed E-state index contributed by atoms with van der Waals surface area (Å²) >= 11 is 6.00. The van der Waals surface area contributed by atoms with Crippen molar-refractivity contribution in [3.8, 4) is 5.75 Å². The lowest BCUT2D eigenvalue weighted by atomic mass is 10.1. The van der Waals surface area contributed by atoms with Crippen LogP contribution in [0.5, 0.6) is 5.75 Å². The maximum Gasteiger partial charge on any atom is 0.154 e. The highest BCUT2D eigenvalue weighted by Crippen LogP contribution is 2.30. The predicted octanol–water partition coefficient (Wildman–Crippen LogP) is 2.19. The van der Waals surface area contributed by atoms with Crippen molar-refractivity contribution in [1.82, 2.24) is 5.32 Å². The molecule has 1 heterocycles. The van der Waals surface area contributed by atoms with Crippen LogP contribution in [-0.2, 0) is 9.84 Å². The molecule has 1 N–H and O–H groups in total. The SMILES string of the molecule is CNC(C)c1cc(Cl)ccc1OC1CCS(=O)(=O)C1. The topological polar surface area (TPSA) is 55.4 Å². The van der Waals surface area contributed by atoms with Crippen molar-refractivity contribution in [2.45, 2.75) is 25.5 Å². The van der Waals surface area contributed by atoms with Gasteiger partial charge in [-0.1, -0.05) is 11.6 Å². The lowest BCUT2D eigenvalue weighted by Crippen LogP contribution is -2.20. The average Bonchev–Trinajstić information content (AvgIpc) is 2.70. The molecule has 19 heavy (non-hydrogen) atoms. The fraction of sp³-hybridized carbons (Fsp3) is 0.538. The number of rotatable bonds is 4. The van der Waals surface area contributed by atoms with E-state index in [0.29, 0.717) is 17.2 Å². The second-order valence-electron chi connectivity index (χ2n) is 4.84. The van der Waals surface area contributed by atoms with Gasteiger partial charge in [-0.3, -0.25) is 0 Å². The minimum atomic E-state index is -2.93. The van der Waals surface area contributed by atoms with Gasteiger partial charge in [-0.15, -0.1) is 0 Å². The monoisotopic (exact) mass is 303 g/mol. The van der Waals surface area contributed by atoms with E-state index in [1.807, 2.05) is 20.0 Å². The van der Waals surface area contributed by atoms with Crippen molar-refractivity contribution in [2.24, 2.45) is 0 Å². The summed E-state index contributed by atoms with van der Waals surface area (Å²) in [4.78, 5) is 0. The van der Waals surface area contributed by atoms with Gasteiger partial charge in [-0.25, -0.2) is 8.42 Å². The molecule has 0 bridgehead atoms. The van der Waals surface area contributed by atoms with Crippen LogP contribution in [0.25, 0.3) is 0 Å². The van der Waals surface area contributed by atoms with Crippen LogP contribution in [0.4, 0.5) is 0 Å². The molecule has 0 spiro atoms. The third kappa shape index (κ3) is 3.61. The largest absolute Gasteiger partial charge is 0.489 e. The zero-order valence-electron chi connectivity index (χ0n) is 11.0. The maximum atomic E-state index is 11.4. The molecule has 6 heteroatoms. The summed E-state index contributed by atoms with van der Waals surface area (Å²) in [5.41, 5.74) is 0.944. The zero-order valence-corrected chi connectivity index (χ0v) is 12.6.